The van der Waals surface area contributed by atoms with E-state index >= 15 is 0 Å². The van der Waals surface area contributed by atoms with Crippen molar-refractivity contribution in [1.82, 2.24) is 10.2 Å². The summed E-state index contributed by atoms with van der Waals surface area (Å²) in [5.74, 6) is 1.66. The molecule has 0 unspecified atom stereocenters. The summed E-state index contributed by atoms with van der Waals surface area (Å²) < 4.78 is 5.52. The van der Waals surface area contributed by atoms with Gasteiger partial charge in [-0.3, -0.25) is 9.89 Å². The summed E-state index contributed by atoms with van der Waals surface area (Å²) in [5, 5.41) is 7.88. The second kappa shape index (κ2) is 7.29. The fourth-order valence-corrected chi connectivity index (χ4v) is 11.2. The molecular weight excluding hydrogens is 444 g/mol. The molecule has 1 heterocycles. The number of nitrogens with zero attached hydrogens (tertiary/aromatic N) is 1. The number of carbonyl (C=O) groups excluding carboxylic acids is 1. The van der Waals surface area contributed by atoms with Gasteiger partial charge in [-0.05, 0) is 103 Å². The number of rotatable bonds is 1. The van der Waals surface area contributed by atoms with Crippen LogP contribution in [-0.4, -0.2) is 23.3 Å². The summed E-state index contributed by atoms with van der Waals surface area (Å²) >= 11 is 0. The zero-order valence-electron chi connectivity index (χ0n) is 24.0. The van der Waals surface area contributed by atoms with Crippen molar-refractivity contribution in [2.24, 2.45) is 44.8 Å². The van der Waals surface area contributed by atoms with Crippen molar-refractivity contribution in [3.8, 4) is 0 Å². The van der Waals surface area contributed by atoms with Crippen molar-refractivity contribution in [1.29, 1.82) is 0 Å². The molecule has 36 heavy (non-hydrogen) atoms. The minimum absolute atomic E-state index is 0.0513. The zero-order chi connectivity index (χ0) is 25.9. The van der Waals surface area contributed by atoms with E-state index in [0.29, 0.717) is 17.8 Å². The maximum absolute atomic E-state index is 13.4. The SMILES string of the molecule is COC(=O)[C@]12CCC(C)(C)C[C@H]1C1=CC[C@H]3[C@@]4(C)Cc5cn[nH]c5C(C)(C)[C@H]4CC[C@@]3(C)[C@]1(C)CC2. The van der Waals surface area contributed by atoms with Crippen LogP contribution in [0.5, 0.6) is 0 Å². The van der Waals surface area contributed by atoms with E-state index < -0.39 is 0 Å². The van der Waals surface area contributed by atoms with Crippen LogP contribution in [0.1, 0.15) is 111 Å². The van der Waals surface area contributed by atoms with Crippen LogP contribution in [-0.2, 0) is 21.4 Å². The lowest BCUT2D eigenvalue weighted by Crippen LogP contribution is -2.64. The smallest absolute Gasteiger partial charge is 0.312 e. The van der Waals surface area contributed by atoms with Gasteiger partial charge in [0.1, 0.15) is 0 Å². The first-order chi connectivity index (χ1) is 16.8. The maximum Gasteiger partial charge on any atom is 0.312 e. The van der Waals surface area contributed by atoms with E-state index in [1.807, 2.05) is 0 Å². The Balaban J connectivity index is 1.46. The van der Waals surface area contributed by atoms with Gasteiger partial charge >= 0.3 is 5.97 Å². The van der Waals surface area contributed by atoms with E-state index in [1.54, 1.807) is 12.7 Å². The van der Waals surface area contributed by atoms with Gasteiger partial charge in [-0.2, -0.15) is 5.10 Å². The molecule has 3 fully saturated rings. The number of hydrogen-bond donors (Lipinski definition) is 1. The molecule has 0 spiro atoms. The highest BCUT2D eigenvalue weighted by atomic mass is 16.5. The van der Waals surface area contributed by atoms with Crippen LogP contribution in [0.4, 0.5) is 0 Å². The minimum atomic E-state index is -0.321. The molecule has 1 aromatic rings. The Morgan fingerprint density at radius 3 is 2.44 bits per heavy atom. The topological polar surface area (TPSA) is 55.0 Å². The molecule has 5 aliphatic carbocycles. The molecule has 1 aromatic heterocycles. The molecule has 7 atom stereocenters. The molecular formula is C32H48N2O2. The second-order valence-corrected chi connectivity index (χ2v) is 15.5. The standard InChI is InChI=1S/C32H48N2O2/c1-27(2)13-15-32(26(35)36-8)16-14-30(6)21(22(32)18-27)9-10-24-29(5)17-20-19-33-34-25(20)28(3,4)23(29)11-12-31(24,30)7/h9,19,22-24H,10-18H2,1-8H3,(H,33,34)/t22-,23+,24-,29-,30+,31+,32-/m0/s1. The minimum Gasteiger partial charge on any atom is -0.469 e. The third-order valence-electron chi connectivity index (χ3n) is 13.3. The Bertz CT molecular complexity index is 1130. The Hall–Kier alpha value is -1.58. The molecule has 5 aliphatic rings. The molecule has 0 amide bonds. The summed E-state index contributed by atoms with van der Waals surface area (Å²) in [7, 11) is 1.60. The third-order valence-corrected chi connectivity index (χ3v) is 13.3. The summed E-state index contributed by atoms with van der Waals surface area (Å²) in [4.78, 5) is 13.4. The Labute approximate surface area is 218 Å². The summed E-state index contributed by atoms with van der Waals surface area (Å²) in [6, 6.07) is 0. The van der Waals surface area contributed by atoms with Crippen molar-refractivity contribution in [2.45, 2.75) is 112 Å². The van der Waals surface area contributed by atoms with Crippen LogP contribution in [0.3, 0.4) is 0 Å². The van der Waals surface area contributed by atoms with Gasteiger partial charge in [-0.15, -0.1) is 0 Å². The third kappa shape index (κ3) is 2.83. The average Bonchev–Trinajstić information content (AvgIpc) is 3.27. The predicted molar refractivity (Wildman–Crippen MR) is 143 cm³/mol. The predicted octanol–water partition coefficient (Wildman–Crippen LogP) is 7.40. The van der Waals surface area contributed by atoms with Crippen LogP contribution >= 0.6 is 0 Å². The first-order valence-corrected chi connectivity index (χ1v) is 14.6. The highest BCUT2D eigenvalue weighted by Crippen LogP contribution is 2.75. The number of methoxy groups -OCH3 is 1. The van der Waals surface area contributed by atoms with Gasteiger partial charge < -0.3 is 4.74 Å². The van der Waals surface area contributed by atoms with Crippen molar-refractivity contribution in [2.75, 3.05) is 7.11 Å². The van der Waals surface area contributed by atoms with E-state index in [1.165, 1.54) is 24.1 Å². The first-order valence-electron chi connectivity index (χ1n) is 14.6. The fourth-order valence-electron chi connectivity index (χ4n) is 11.2. The molecule has 198 valence electrons. The van der Waals surface area contributed by atoms with Crippen LogP contribution in [0, 0.1) is 44.8 Å². The number of H-pyrrole nitrogens is 1. The molecule has 0 saturated heterocycles. The van der Waals surface area contributed by atoms with Crippen molar-refractivity contribution in [3.05, 3.63) is 29.1 Å². The van der Waals surface area contributed by atoms with E-state index in [2.05, 4.69) is 70.9 Å². The monoisotopic (exact) mass is 492 g/mol. The number of fused-ring (bicyclic) bond motifs is 8. The molecule has 1 N–H and O–H groups in total. The number of allylic oxidation sites excluding steroid dienone is 2. The lowest BCUT2D eigenvalue weighted by Gasteiger charge is -2.70. The van der Waals surface area contributed by atoms with Gasteiger partial charge in [0, 0.05) is 11.1 Å². The van der Waals surface area contributed by atoms with Gasteiger partial charge in [0.2, 0.25) is 0 Å². The zero-order valence-corrected chi connectivity index (χ0v) is 24.0. The average molecular weight is 493 g/mol. The molecule has 0 aromatic carbocycles. The van der Waals surface area contributed by atoms with E-state index in [-0.39, 0.29) is 38.5 Å². The van der Waals surface area contributed by atoms with Crippen LogP contribution < -0.4 is 0 Å². The lowest BCUT2D eigenvalue weighted by atomic mass is 9.33. The van der Waals surface area contributed by atoms with Crippen molar-refractivity contribution < 1.29 is 9.53 Å². The molecule has 4 heteroatoms. The number of aromatic amines is 1. The molecule has 0 radical (unpaired) electrons. The van der Waals surface area contributed by atoms with Crippen molar-refractivity contribution in [3.63, 3.8) is 0 Å². The summed E-state index contributed by atoms with van der Waals surface area (Å²) in [5.41, 5.74) is 5.12. The van der Waals surface area contributed by atoms with Crippen molar-refractivity contribution >= 4 is 5.97 Å². The summed E-state index contributed by atoms with van der Waals surface area (Å²) in [6.07, 6.45) is 14.9. The number of hydrogen-bond acceptors (Lipinski definition) is 3. The maximum atomic E-state index is 13.4. The summed E-state index contributed by atoms with van der Waals surface area (Å²) in [6.45, 7) is 17.6. The lowest BCUT2D eigenvalue weighted by molar-refractivity contribution is -0.179. The van der Waals surface area contributed by atoms with Crippen LogP contribution in [0.2, 0.25) is 0 Å². The van der Waals surface area contributed by atoms with Gasteiger partial charge in [0.05, 0.1) is 18.7 Å². The quantitative estimate of drug-likeness (QED) is 0.328. The van der Waals surface area contributed by atoms with Crippen LogP contribution in [0.25, 0.3) is 0 Å². The van der Waals surface area contributed by atoms with E-state index in [4.69, 9.17) is 4.74 Å². The van der Waals surface area contributed by atoms with Crippen LogP contribution in [0.15, 0.2) is 17.8 Å². The molecule has 6 rings (SSSR count). The highest BCUT2D eigenvalue weighted by molar-refractivity contribution is 5.78. The largest absolute Gasteiger partial charge is 0.469 e. The van der Waals surface area contributed by atoms with Gasteiger partial charge in [-0.1, -0.05) is 60.1 Å². The number of carbonyl (C=O) groups is 1. The first kappa shape index (κ1) is 24.7. The normalized spacial score (nSPS) is 46.2. The van der Waals surface area contributed by atoms with E-state index in [9.17, 15) is 4.79 Å². The Morgan fingerprint density at radius 2 is 1.72 bits per heavy atom. The number of esters is 1. The molecule has 0 aliphatic heterocycles. The number of aromatic nitrogens is 2. The molecule has 4 nitrogen and oxygen atoms in total. The van der Waals surface area contributed by atoms with Gasteiger partial charge in [0.25, 0.3) is 0 Å². The van der Waals surface area contributed by atoms with Gasteiger partial charge in [-0.25, -0.2) is 0 Å². The highest BCUT2D eigenvalue weighted by Gasteiger charge is 2.69. The molecule has 0 bridgehead atoms. The number of nitrogens with one attached hydrogen (secondary N) is 1. The Morgan fingerprint density at radius 1 is 1.00 bits per heavy atom. The van der Waals surface area contributed by atoms with E-state index in [0.717, 1.165) is 44.9 Å². The van der Waals surface area contributed by atoms with Gasteiger partial charge in [0.15, 0.2) is 0 Å². The fraction of sp³-hybridized carbons (Fsp3) is 0.812. The Kier molecular flexibility index (Phi) is 5.01. The second-order valence-electron chi connectivity index (χ2n) is 15.5. The molecule has 3 saturated carbocycles. The number of ether oxygens (including phenoxy) is 1.